The lowest BCUT2D eigenvalue weighted by Crippen LogP contribution is -2.47. The number of aromatic nitrogens is 3. The molecule has 156 valence electrons. The number of amides is 1. The minimum Gasteiger partial charge on any atom is -0.374 e. The molecule has 7 nitrogen and oxygen atoms in total. The Hall–Kier alpha value is -2.68. The Balaban J connectivity index is 1.22. The van der Waals surface area contributed by atoms with Gasteiger partial charge in [0.25, 0.3) is 0 Å². The van der Waals surface area contributed by atoms with Crippen LogP contribution in [0.3, 0.4) is 0 Å². The van der Waals surface area contributed by atoms with Crippen LogP contribution in [-0.2, 0) is 16.1 Å². The van der Waals surface area contributed by atoms with E-state index in [9.17, 15) is 4.79 Å². The number of morpholine rings is 1. The van der Waals surface area contributed by atoms with E-state index in [1.54, 1.807) is 6.33 Å². The number of carbonyl (C=O) groups excluding carboxylic acids is 1. The van der Waals surface area contributed by atoms with Gasteiger partial charge in [0.15, 0.2) is 5.16 Å². The first-order valence-corrected chi connectivity index (χ1v) is 11.0. The largest absolute Gasteiger partial charge is 0.374 e. The van der Waals surface area contributed by atoms with Gasteiger partial charge >= 0.3 is 0 Å². The maximum Gasteiger partial charge on any atom is 0.230 e. The second-order valence-electron chi connectivity index (χ2n) is 7.13. The molecule has 8 heteroatoms. The van der Waals surface area contributed by atoms with Gasteiger partial charge in [-0.2, -0.15) is 0 Å². The lowest BCUT2D eigenvalue weighted by molar-refractivity contribution is -0.119. The lowest BCUT2D eigenvalue weighted by Gasteiger charge is -2.33. The maximum atomic E-state index is 12.3. The van der Waals surface area contributed by atoms with E-state index in [0.29, 0.717) is 18.3 Å². The molecule has 1 atom stereocenters. The van der Waals surface area contributed by atoms with E-state index in [2.05, 4.69) is 44.7 Å². The van der Waals surface area contributed by atoms with Gasteiger partial charge in [-0.05, 0) is 17.7 Å². The number of hydrogen-bond acceptors (Lipinski definition) is 6. The molecule has 1 amide bonds. The Bertz CT molecular complexity index is 935. The van der Waals surface area contributed by atoms with Crippen LogP contribution < -0.4 is 5.32 Å². The molecule has 4 rings (SSSR count). The number of nitrogens with one attached hydrogen (secondary N) is 1. The zero-order chi connectivity index (χ0) is 20.6. The summed E-state index contributed by atoms with van der Waals surface area (Å²) < 4.78 is 7.71. The fraction of sp³-hybridized carbons (Fsp3) is 0.318. The monoisotopic (exact) mass is 423 g/mol. The smallest absolute Gasteiger partial charge is 0.230 e. The Morgan fingerprint density at radius 1 is 1.13 bits per heavy atom. The molecule has 0 saturated carbocycles. The van der Waals surface area contributed by atoms with Crippen molar-refractivity contribution in [1.82, 2.24) is 25.0 Å². The number of hydrogen-bond donors (Lipinski definition) is 1. The van der Waals surface area contributed by atoms with Gasteiger partial charge in [-0.1, -0.05) is 60.3 Å². The molecule has 1 fully saturated rings. The molecule has 1 unspecified atom stereocenters. The summed E-state index contributed by atoms with van der Waals surface area (Å²) in [6, 6.07) is 20.3. The Kier molecular flexibility index (Phi) is 7.12. The van der Waals surface area contributed by atoms with Crippen molar-refractivity contribution in [3.8, 4) is 5.69 Å². The molecule has 1 aromatic heterocycles. The number of benzene rings is 2. The minimum absolute atomic E-state index is 0.00406. The standard InChI is InChI=1S/C22H25N5O2S/c28-21(16-30-22-25-24-17-27(22)19-9-5-2-6-10-19)23-13-20-15-26(11-12-29-20)14-18-7-3-1-4-8-18/h1-10,17,20H,11-16H2,(H,23,28). The minimum atomic E-state index is -0.0357. The highest BCUT2D eigenvalue weighted by Gasteiger charge is 2.21. The molecule has 1 N–H and O–H groups in total. The highest BCUT2D eigenvalue weighted by molar-refractivity contribution is 7.99. The molecule has 2 heterocycles. The van der Waals surface area contributed by atoms with Gasteiger partial charge in [0, 0.05) is 31.9 Å². The van der Waals surface area contributed by atoms with Gasteiger partial charge in [0.1, 0.15) is 6.33 Å². The van der Waals surface area contributed by atoms with Crippen molar-refractivity contribution in [1.29, 1.82) is 0 Å². The van der Waals surface area contributed by atoms with Crippen LogP contribution in [0.25, 0.3) is 5.69 Å². The zero-order valence-corrected chi connectivity index (χ0v) is 17.5. The molecular formula is C22H25N5O2S. The summed E-state index contributed by atoms with van der Waals surface area (Å²) in [6.07, 6.45) is 1.66. The first-order chi connectivity index (χ1) is 14.8. The number of thioether (sulfide) groups is 1. The Morgan fingerprint density at radius 2 is 1.90 bits per heavy atom. The summed E-state index contributed by atoms with van der Waals surface area (Å²) in [5, 5.41) is 11.8. The first-order valence-electron chi connectivity index (χ1n) is 10.0. The highest BCUT2D eigenvalue weighted by atomic mass is 32.2. The fourth-order valence-electron chi connectivity index (χ4n) is 3.39. The SMILES string of the molecule is O=C(CSc1nncn1-c1ccccc1)NCC1CN(Cc2ccccc2)CCO1. The van der Waals surface area contributed by atoms with E-state index in [1.165, 1.54) is 17.3 Å². The van der Waals surface area contributed by atoms with Gasteiger partial charge < -0.3 is 10.1 Å². The van der Waals surface area contributed by atoms with Crippen molar-refractivity contribution >= 4 is 17.7 Å². The van der Waals surface area contributed by atoms with E-state index in [4.69, 9.17) is 4.74 Å². The number of para-hydroxylation sites is 1. The van der Waals surface area contributed by atoms with E-state index in [1.807, 2.05) is 41.0 Å². The zero-order valence-electron chi connectivity index (χ0n) is 16.7. The molecular weight excluding hydrogens is 398 g/mol. The number of rotatable bonds is 8. The molecule has 1 saturated heterocycles. The third-order valence-corrected chi connectivity index (χ3v) is 5.83. The summed E-state index contributed by atoms with van der Waals surface area (Å²) in [4.78, 5) is 14.7. The van der Waals surface area contributed by atoms with Crippen molar-refractivity contribution in [3.63, 3.8) is 0 Å². The van der Waals surface area contributed by atoms with Gasteiger partial charge in [0.05, 0.1) is 18.5 Å². The summed E-state index contributed by atoms with van der Waals surface area (Å²) in [5.41, 5.74) is 2.26. The number of nitrogens with zero attached hydrogens (tertiary/aromatic N) is 4. The predicted octanol–water partition coefficient (Wildman–Crippen LogP) is 2.38. The highest BCUT2D eigenvalue weighted by Crippen LogP contribution is 2.19. The van der Waals surface area contributed by atoms with Crippen LogP contribution in [-0.4, -0.2) is 63.7 Å². The average Bonchev–Trinajstić information content (AvgIpc) is 3.27. The number of carbonyl (C=O) groups is 1. The molecule has 30 heavy (non-hydrogen) atoms. The predicted molar refractivity (Wildman–Crippen MR) is 117 cm³/mol. The normalized spacial score (nSPS) is 17.0. The molecule has 1 aliphatic rings. The molecule has 0 aliphatic carbocycles. The van der Waals surface area contributed by atoms with Crippen LogP contribution >= 0.6 is 11.8 Å². The van der Waals surface area contributed by atoms with Crippen LogP contribution in [0.15, 0.2) is 72.1 Å². The Labute approximate surface area is 180 Å². The van der Waals surface area contributed by atoms with E-state index < -0.39 is 0 Å². The van der Waals surface area contributed by atoms with Gasteiger partial charge in [0.2, 0.25) is 5.91 Å². The second-order valence-corrected chi connectivity index (χ2v) is 8.07. The van der Waals surface area contributed by atoms with E-state index >= 15 is 0 Å². The lowest BCUT2D eigenvalue weighted by atomic mass is 10.2. The van der Waals surface area contributed by atoms with Crippen LogP contribution in [0.4, 0.5) is 0 Å². The third kappa shape index (κ3) is 5.69. The van der Waals surface area contributed by atoms with Crippen LogP contribution in [0, 0.1) is 0 Å². The van der Waals surface area contributed by atoms with E-state index in [0.717, 1.165) is 25.3 Å². The van der Waals surface area contributed by atoms with Crippen LogP contribution in [0.2, 0.25) is 0 Å². The van der Waals surface area contributed by atoms with E-state index in [-0.39, 0.29) is 17.8 Å². The molecule has 2 aromatic carbocycles. The third-order valence-electron chi connectivity index (χ3n) is 4.88. The summed E-state index contributed by atoms with van der Waals surface area (Å²) >= 11 is 1.37. The molecule has 1 aliphatic heterocycles. The quantitative estimate of drug-likeness (QED) is 0.561. The molecule has 3 aromatic rings. The van der Waals surface area contributed by atoms with Crippen molar-refractivity contribution < 1.29 is 9.53 Å². The molecule has 0 bridgehead atoms. The Morgan fingerprint density at radius 3 is 2.70 bits per heavy atom. The average molecular weight is 424 g/mol. The topological polar surface area (TPSA) is 72.3 Å². The maximum absolute atomic E-state index is 12.3. The summed E-state index contributed by atoms with van der Waals surface area (Å²) in [7, 11) is 0. The van der Waals surface area contributed by atoms with Gasteiger partial charge in [-0.15, -0.1) is 10.2 Å². The van der Waals surface area contributed by atoms with Gasteiger partial charge in [-0.25, -0.2) is 0 Å². The summed E-state index contributed by atoms with van der Waals surface area (Å²) in [5.74, 6) is 0.248. The van der Waals surface area contributed by atoms with Crippen LogP contribution in [0.5, 0.6) is 0 Å². The van der Waals surface area contributed by atoms with Gasteiger partial charge in [-0.3, -0.25) is 14.3 Å². The van der Waals surface area contributed by atoms with Crippen LogP contribution in [0.1, 0.15) is 5.56 Å². The fourth-order valence-corrected chi connectivity index (χ4v) is 4.15. The summed E-state index contributed by atoms with van der Waals surface area (Å²) in [6.45, 7) is 3.81. The van der Waals surface area contributed by atoms with Crippen molar-refractivity contribution in [3.05, 3.63) is 72.6 Å². The van der Waals surface area contributed by atoms with Crippen molar-refractivity contribution in [2.24, 2.45) is 0 Å². The first kappa shape index (κ1) is 20.6. The second kappa shape index (κ2) is 10.4. The molecule has 0 radical (unpaired) electrons. The van der Waals surface area contributed by atoms with Crippen molar-refractivity contribution in [2.75, 3.05) is 32.0 Å². The number of ether oxygens (including phenoxy) is 1. The molecule has 0 spiro atoms. The van der Waals surface area contributed by atoms with Crippen molar-refractivity contribution in [2.45, 2.75) is 17.8 Å².